The summed E-state index contributed by atoms with van der Waals surface area (Å²) in [6.07, 6.45) is 0. The molecule has 0 saturated carbocycles. The lowest BCUT2D eigenvalue weighted by Gasteiger charge is -2.17. The molecule has 1 amide bonds. The van der Waals surface area contributed by atoms with E-state index in [-0.39, 0.29) is 10.6 Å². The van der Waals surface area contributed by atoms with Gasteiger partial charge in [-0.15, -0.1) is 0 Å². The molecule has 0 spiro atoms. The monoisotopic (exact) mass is 281 g/mol. The number of nitrogens with zero attached hydrogens (tertiary/aromatic N) is 1. The van der Waals surface area contributed by atoms with Gasteiger partial charge in [0.1, 0.15) is 11.6 Å². The zero-order chi connectivity index (χ0) is 14.0. The van der Waals surface area contributed by atoms with Gasteiger partial charge in [0.15, 0.2) is 0 Å². The molecule has 2 aromatic rings. The van der Waals surface area contributed by atoms with Crippen LogP contribution in [0.2, 0.25) is 5.02 Å². The van der Waals surface area contributed by atoms with E-state index in [2.05, 4.69) is 0 Å². The summed E-state index contributed by atoms with van der Waals surface area (Å²) in [6.45, 7) is 0. The highest BCUT2D eigenvalue weighted by Crippen LogP contribution is 2.20. The summed E-state index contributed by atoms with van der Waals surface area (Å²) >= 11 is 5.74. The van der Waals surface area contributed by atoms with Crippen molar-refractivity contribution in [1.29, 1.82) is 0 Å². The van der Waals surface area contributed by atoms with Crippen molar-refractivity contribution in [3.05, 3.63) is 64.7 Å². The average Bonchev–Trinajstić information content (AvgIpc) is 2.40. The van der Waals surface area contributed by atoms with E-state index in [4.69, 9.17) is 11.6 Å². The number of carbonyl (C=O) groups excluding carboxylic acids is 1. The second-order valence-corrected chi connectivity index (χ2v) is 4.40. The standard InChI is InChI=1S/C14H10ClF2NO/c1-18(11-4-2-3-10(16)8-11)14(19)12-7-9(15)5-6-13(12)17/h2-8H,1H3. The minimum absolute atomic E-state index is 0.153. The minimum Gasteiger partial charge on any atom is -0.311 e. The summed E-state index contributed by atoms with van der Waals surface area (Å²) in [6, 6.07) is 9.22. The summed E-state index contributed by atoms with van der Waals surface area (Å²) in [7, 11) is 1.44. The fourth-order valence-electron chi connectivity index (χ4n) is 1.64. The molecule has 0 saturated heterocycles. The van der Waals surface area contributed by atoms with Crippen LogP contribution in [-0.2, 0) is 0 Å². The first kappa shape index (κ1) is 13.5. The Hall–Kier alpha value is -1.94. The Labute approximate surface area is 114 Å². The Morgan fingerprint density at radius 2 is 1.89 bits per heavy atom. The SMILES string of the molecule is CN(C(=O)c1cc(Cl)ccc1F)c1cccc(F)c1. The van der Waals surface area contributed by atoms with Gasteiger partial charge in [0.25, 0.3) is 5.91 Å². The molecular formula is C14H10ClF2NO. The molecule has 0 unspecified atom stereocenters. The molecule has 98 valence electrons. The molecule has 0 aromatic heterocycles. The highest BCUT2D eigenvalue weighted by Gasteiger charge is 2.18. The molecule has 0 fully saturated rings. The normalized spacial score (nSPS) is 10.3. The smallest absolute Gasteiger partial charge is 0.261 e. The predicted molar refractivity (Wildman–Crippen MR) is 70.5 cm³/mol. The molecule has 0 aliphatic rings. The van der Waals surface area contributed by atoms with Gasteiger partial charge in [-0.3, -0.25) is 4.79 Å². The third kappa shape index (κ3) is 2.90. The maximum absolute atomic E-state index is 13.6. The molecule has 0 heterocycles. The Balaban J connectivity index is 2.36. The minimum atomic E-state index is -0.669. The van der Waals surface area contributed by atoms with E-state index in [1.807, 2.05) is 0 Å². The van der Waals surface area contributed by atoms with Crippen LogP contribution < -0.4 is 4.90 Å². The third-order valence-corrected chi connectivity index (χ3v) is 2.89. The van der Waals surface area contributed by atoms with Crippen LogP contribution in [0.4, 0.5) is 14.5 Å². The van der Waals surface area contributed by atoms with Crippen molar-refractivity contribution in [2.24, 2.45) is 0 Å². The number of carbonyl (C=O) groups is 1. The third-order valence-electron chi connectivity index (χ3n) is 2.66. The van der Waals surface area contributed by atoms with Gasteiger partial charge in [0.05, 0.1) is 5.56 Å². The van der Waals surface area contributed by atoms with E-state index >= 15 is 0 Å². The Bertz CT molecular complexity index is 631. The molecule has 19 heavy (non-hydrogen) atoms. The van der Waals surface area contributed by atoms with Crippen molar-refractivity contribution in [2.45, 2.75) is 0 Å². The summed E-state index contributed by atoms with van der Waals surface area (Å²) in [4.78, 5) is 13.3. The first-order valence-electron chi connectivity index (χ1n) is 5.47. The fourth-order valence-corrected chi connectivity index (χ4v) is 1.82. The van der Waals surface area contributed by atoms with Crippen molar-refractivity contribution >= 4 is 23.2 Å². The second kappa shape index (κ2) is 5.36. The number of halogens is 3. The average molecular weight is 282 g/mol. The summed E-state index contributed by atoms with van der Waals surface area (Å²) in [5, 5.41) is 0.261. The topological polar surface area (TPSA) is 20.3 Å². The van der Waals surface area contributed by atoms with Crippen molar-refractivity contribution in [3.63, 3.8) is 0 Å². The number of benzene rings is 2. The zero-order valence-electron chi connectivity index (χ0n) is 10.0. The van der Waals surface area contributed by atoms with Crippen LogP contribution >= 0.6 is 11.6 Å². The number of anilines is 1. The van der Waals surface area contributed by atoms with Gasteiger partial charge < -0.3 is 4.90 Å². The maximum Gasteiger partial charge on any atom is 0.261 e. The fraction of sp³-hybridized carbons (Fsp3) is 0.0714. The van der Waals surface area contributed by atoms with Crippen LogP contribution in [0.25, 0.3) is 0 Å². The van der Waals surface area contributed by atoms with Crippen LogP contribution in [0.1, 0.15) is 10.4 Å². The van der Waals surface area contributed by atoms with Gasteiger partial charge >= 0.3 is 0 Å². The lowest BCUT2D eigenvalue weighted by molar-refractivity contribution is 0.0989. The number of hydrogen-bond donors (Lipinski definition) is 0. The van der Waals surface area contributed by atoms with Gasteiger partial charge in [-0.2, -0.15) is 0 Å². The van der Waals surface area contributed by atoms with E-state index in [1.165, 1.54) is 37.4 Å². The van der Waals surface area contributed by atoms with Crippen LogP contribution in [0.5, 0.6) is 0 Å². The quantitative estimate of drug-likeness (QED) is 0.818. The van der Waals surface area contributed by atoms with E-state index < -0.39 is 17.5 Å². The Morgan fingerprint density at radius 3 is 2.58 bits per heavy atom. The van der Waals surface area contributed by atoms with Gasteiger partial charge in [-0.05, 0) is 36.4 Å². The van der Waals surface area contributed by atoms with Crippen LogP contribution in [0.15, 0.2) is 42.5 Å². The predicted octanol–water partition coefficient (Wildman–Crippen LogP) is 3.89. The van der Waals surface area contributed by atoms with Gasteiger partial charge in [-0.1, -0.05) is 17.7 Å². The summed E-state index contributed by atoms with van der Waals surface area (Å²) in [5.41, 5.74) is 0.184. The van der Waals surface area contributed by atoms with Crippen molar-refractivity contribution in [3.8, 4) is 0 Å². The van der Waals surface area contributed by atoms with Gasteiger partial charge in [0.2, 0.25) is 0 Å². The van der Waals surface area contributed by atoms with Crippen LogP contribution in [0.3, 0.4) is 0 Å². The first-order valence-corrected chi connectivity index (χ1v) is 5.85. The number of amides is 1. The molecular weight excluding hydrogens is 272 g/mol. The van der Waals surface area contributed by atoms with Crippen LogP contribution in [0, 0.1) is 11.6 Å². The molecule has 2 aromatic carbocycles. The van der Waals surface area contributed by atoms with Gasteiger partial charge in [0, 0.05) is 17.8 Å². The zero-order valence-corrected chi connectivity index (χ0v) is 10.8. The molecule has 5 heteroatoms. The molecule has 0 radical (unpaired) electrons. The van der Waals surface area contributed by atoms with E-state index in [0.717, 1.165) is 11.0 Å². The number of hydrogen-bond acceptors (Lipinski definition) is 1. The summed E-state index contributed by atoms with van der Waals surface area (Å²) < 4.78 is 26.7. The second-order valence-electron chi connectivity index (χ2n) is 3.97. The molecule has 2 nitrogen and oxygen atoms in total. The van der Waals surface area contributed by atoms with Gasteiger partial charge in [-0.25, -0.2) is 8.78 Å². The highest BCUT2D eigenvalue weighted by molar-refractivity contribution is 6.31. The molecule has 2 rings (SSSR count). The molecule has 0 aliphatic carbocycles. The van der Waals surface area contributed by atoms with Crippen molar-refractivity contribution in [1.82, 2.24) is 0 Å². The maximum atomic E-state index is 13.6. The lowest BCUT2D eigenvalue weighted by Crippen LogP contribution is -2.27. The molecule has 0 bridgehead atoms. The number of rotatable bonds is 2. The molecule has 0 atom stereocenters. The molecule has 0 N–H and O–H groups in total. The lowest BCUT2D eigenvalue weighted by atomic mass is 10.1. The van der Waals surface area contributed by atoms with E-state index in [9.17, 15) is 13.6 Å². The first-order chi connectivity index (χ1) is 8.99. The summed E-state index contributed by atoms with van der Waals surface area (Å²) in [5.74, 6) is -1.73. The molecule has 0 aliphatic heterocycles. The van der Waals surface area contributed by atoms with Crippen molar-refractivity contribution < 1.29 is 13.6 Å². The largest absolute Gasteiger partial charge is 0.311 e. The van der Waals surface area contributed by atoms with Crippen LogP contribution in [-0.4, -0.2) is 13.0 Å². The highest BCUT2D eigenvalue weighted by atomic mass is 35.5. The Kier molecular flexibility index (Phi) is 3.81. The van der Waals surface area contributed by atoms with E-state index in [0.29, 0.717) is 5.69 Å². The Morgan fingerprint density at radius 1 is 1.16 bits per heavy atom. The van der Waals surface area contributed by atoms with Crippen molar-refractivity contribution in [2.75, 3.05) is 11.9 Å². The van der Waals surface area contributed by atoms with E-state index in [1.54, 1.807) is 6.07 Å².